The Morgan fingerprint density at radius 1 is 1.62 bits per heavy atom. The van der Waals surface area contributed by atoms with Gasteiger partial charge in [0, 0.05) is 30.8 Å². The largest absolute Gasteiger partial charge is 0.349 e. The maximum Gasteiger partial charge on any atom is 0.267 e. The number of hydrogen-bond acceptors (Lipinski definition) is 2. The maximum absolute atomic E-state index is 11.8. The minimum atomic E-state index is -0.0299. The van der Waals surface area contributed by atoms with E-state index in [4.69, 9.17) is 0 Å². The van der Waals surface area contributed by atoms with Crippen LogP contribution in [0.3, 0.4) is 0 Å². The van der Waals surface area contributed by atoms with Gasteiger partial charge in [0.2, 0.25) is 0 Å². The number of rotatable bonds is 5. The molecule has 1 N–H and O–H groups in total. The van der Waals surface area contributed by atoms with E-state index in [0.717, 1.165) is 17.6 Å². The summed E-state index contributed by atoms with van der Waals surface area (Å²) in [5.74, 6) is -0.0299. The van der Waals surface area contributed by atoms with Crippen molar-refractivity contribution in [1.82, 2.24) is 14.8 Å². The zero-order chi connectivity index (χ0) is 12.1. The van der Waals surface area contributed by atoms with Crippen molar-refractivity contribution in [2.24, 2.45) is 7.05 Å². The molecular formula is C11H18BrN3O. The Morgan fingerprint density at radius 2 is 2.31 bits per heavy atom. The molecule has 5 heteroatoms. The Morgan fingerprint density at radius 3 is 2.81 bits per heavy atom. The fraction of sp³-hybridized carbons (Fsp3) is 0.545. The van der Waals surface area contributed by atoms with Crippen LogP contribution in [-0.2, 0) is 7.05 Å². The summed E-state index contributed by atoms with van der Waals surface area (Å²) in [7, 11) is 3.89. The molecule has 1 aromatic heterocycles. The second kappa shape index (κ2) is 6.06. The van der Waals surface area contributed by atoms with Gasteiger partial charge in [-0.15, -0.1) is 0 Å². The molecule has 1 amide bonds. The molecule has 0 fully saturated rings. The van der Waals surface area contributed by atoms with E-state index in [0.29, 0.717) is 12.2 Å². The van der Waals surface area contributed by atoms with Gasteiger partial charge in [0.25, 0.3) is 5.91 Å². The SMILES string of the molecule is CCN(C)CCNC(=O)c1cc(Br)cn1C. The van der Waals surface area contributed by atoms with Crippen molar-refractivity contribution in [3.05, 3.63) is 22.4 Å². The van der Waals surface area contributed by atoms with Crippen molar-refractivity contribution in [1.29, 1.82) is 0 Å². The van der Waals surface area contributed by atoms with Gasteiger partial charge in [-0.05, 0) is 35.6 Å². The van der Waals surface area contributed by atoms with E-state index >= 15 is 0 Å². The topological polar surface area (TPSA) is 37.3 Å². The Kier molecular flexibility index (Phi) is 5.02. The summed E-state index contributed by atoms with van der Waals surface area (Å²) in [4.78, 5) is 13.9. The number of amides is 1. The molecule has 1 heterocycles. The van der Waals surface area contributed by atoms with Crippen LogP contribution >= 0.6 is 15.9 Å². The number of likely N-dealkylation sites (N-methyl/N-ethyl adjacent to an activating group) is 1. The van der Waals surface area contributed by atoms with Gasteiger partial charge < -0.3 is 14.8 Å². The molecule has 0 atom stereocenters. The van der Waals surface area contributed by atoms with E-state index in [1.165, 1.54) is 0 Å². The number of hydrogen-bond donors (Lipinski definition) is 1. The quantitative estimate of drug-likeness (QED) is 0.891. The third kappa shape index (κ3) is 3.64. The lowest BCUT2D eigenvalue weighted by atomic mass is 10.4. The lowest BCUT2D eigenvalue weighted by molar-refractivity contribution is 0.0942. The lowest BCUT2D eigenvalue weighted by Crippen LogP contribution is -2.33. The lowest BCUT2D eigenvalue weighted by Gasteiger charge is -2.14. The number of halogens is 1. The van der Waals surface area contributed by atoms with Gasteiger partial charge in [-0.25, -0.2) is 0 Å². The van der Waals surface area contributed by atoms with E-state index in [1.807, 2.05) is 30.9 Å². The fourth-order valence-corrected chi connectivity index (χ4v) is 1.88. The molecule has 0 aliphatic rings. The van der Waals surface area contributed by atoms with Crippen LogP contribution in [0.4, 0.5) is 0 Å². The predicted octanol–water partition coefficient (Wildman–Crippen LogP) is 1.47. The van der Waals surface area contributed by atoms with Crippen LogP contribution in [0.1, 0.15) is 17.4 Å². The summed E-state index contributed by atoms with van der Waals surface area (Å²) in [5.41, 5.74) is 0.672. The van der Waals surface area contributed by atoms with Gasteiger partial charge in [0.15, 0.2) is 0 Å². The number of carbonyl (C=O) groups is 1. The van der Waals surface area contributed by atoms with E-state index in [-0.39, 0.29) is 5.91 Å². The van der Waals surface area contributed by atoms with E-state index in [2.05, 4.69) is 33.1 Å². The molecule has 0 radical (unpaired) electrons. The summed E-state index contributed by atoms with van der Waals surface area (Å²) in [5, 5.41) is 2.90. The molecule has 1 aromatic rings. The van der Waals surface area contributed by atoms with Gasteiger partial charge in [-0.2, -0.15) is 0 Å². The van der Waals surface area contributed by atoms with Gasteiger partial charge in [0.1, 0.15) is 5.69 Å². The maximum atomic E-state index is 11.8. The number of nitrogens with zero attached hydrogens (tertiary/aromatic N) is 2. The van der Waals surface area contributed by atoms with Crippen molar-refractivity contribution in [2.75, 3.05) is 26.7 Å². The van der Waals surface area contributed by atoms with Gasteiger partial charge in [-0.3, -0.25) is 4.79 Å². The fourth-order valence-electron chi connectivity index (χ4n) is 1.36. The second-order valence-electron chi connectivity index (χ2n) is 3.81. The smallest absolute Gasteiger partial charge is 0.267 e. The molecular weight excluding hydrogens is 270 g/mol. The van der Waals surface area contributed by atoms with Gasteiger partial charge >= 0.3 is 0 Å². The Bertz CT molecular complexity index is 362. The van der Waals surface area contributed by atoms with Crippen molar-refractivity contribution >= 4 is 21.8 Å². The molecule has 1 rings (SSSR count). The molecule has 90 valence electrons. The summed E-state index contributed by atoms with van der Waals surface area (Å²) < 4.78 is 2.73. The van der Waals surface area contributed by atoms with Crippen LogP contribution < -0.4 is 5.32 Å². The Hall–Kier alpha value is -0.810. The standard InChI is InChI=1S/C11H18BrN3O/c1-4-14(2)6-5-13-11(16)10-7-9(12)8-15(10)3/h7-8H,4-6H2,1-3H3,(H,13,16). The highest BCUT2D eigenvalue weighted by Gasteiger charge is 2.10. The minimum absolute atomic E-state index is 0.0299. The van der Waals surface area contributed by atoms with Gasteiger partial charge in [0.05, 0.1) is 0 Å². The Labute approximate surface area is 105 Å². The number of nitrogens with one attached hydrogen (secondary N) is 1. The van der Waals surface area contributed by atoms with Crippen LogP contribution in [-0.4, -0.2) is 42.1 Å². The average Bonchev–Trinajstić information content (AvgIpc) is 2.57. The van der Waals surface area contributed by atoms with Crippen LogP contribution in [0.25, 0.3) is 0 Å². The van der Waals surface area contributed by atoms with Gasteiger partial charge in [-0.1, -0.05) is 6.92 Å². The first kappa shape index (κ1) is 13.3. The molecule has 0 aliphatic heterocycles. The molecule has 0 saturated heterocycles. The monoisotopic (exact) mass is 287 g/mol. The zero-order valence-corrected chi connectivity index (χ0v) is 11.5. The van der Waals surface area contributed by atoms with E-state index < -0.39 is 0 Å². The third-order valence-electron chi connectivity index (χ3n) is 2.52. The van der Waals surface area contributed by atoms with Crippen LogP contribution in [0.5, 0.6) is 0 Å². The first-order chi connectivity index (χ1) is 7.54. The highest BCUT2D eigenvalue weighted by atomic mass is 79.9. The zero-order valence-electron chi connectivity index (χ0n) is 9.96. The molecule has 0 aromatic carbocycles. The number of carbonyl (C=O) groups excluding carboxylic acids is 1. The summed E-state index contributed by atoms with van der Waals surface area (Å²) >= 11 is 3.34. The number of aromatic nitrogens is 1. The van der Waals surface area contributed by atoms with Crippen molar-refractivity contribution in [3.8, 4) is 0 Å². The molecule has 0 saturated carbocycles. The third-order valence-corrected chi connectivity index (χ3v) is 2.96. The second-order valence-corrected chi connectivity index (χ2v) is 4.72. The van der Waals surface area contributed by atoms with Crippen LogP contribution in [0.15, 0.2) is 16.7 Å². The van der Waals surface area contributed by atoms with E-state index in [9.17, 15) is 4.79 Å². The first-order valence-electron chi connectivity index (χ1n) is 5.33. The summed E-state index contributed by atoms with van der Waals surface area (Å²) in [6.07, 6.45) is 1.87. The Balaban J connectivity index is 2.44. The average molecular weight is 288 g/mol. The molecule has 0 spiro atoms. The molecule has 4 nitrogen and oxygen atoms in total. The minimum Gasteiger partial charge on any atom is -0.349 e. The van der Waals surface area contributed by atoms with E-state index in [1.54, 1.807) is 0 Å². The molecule has 0 unspecified atom stereocenters. The van der Waals surface area contributed by atoms with Crippen molar-refractivity contribution < 1.29 is 4.79 Å². The predicted molar refractivity (Wildman–Crippen MR) is 68.6 cm³/mol. The summed E-state index contributed by atoms with van der Waals surface area (Å²) in [6.45, 7) is 4.63. The molecule has 16 heavy (non-hydrogen) atoms. The molecule has 0 aliphatic carbocycles. The molecule has 0 bridgehead atoms. The highest BCUT2D eigenvalue weighted by Crippen LogP contribution is 2.13. The van der Waals surface area contributed by atoms with Crippen LogP contribution in [0.2, 0.25) is 0 Å². The van der Waals surface area contributed by atoms with Crippen molar-refractivity contribution in [3.63, 3.8) is 0 Å². The first-order valence-corrected chi connectivity index (χ1v) is 6.12. The normalized spacial score (nSPS) is 10.8. The van der Waals surface area contributed by atoms with Crippen molar-refractivity contribution in [2.45, 2.75) is 6.92 Å². The highest BCUT2D eigenvalue weighted by molar-refractivity contribution is 9.10. The number of aryl methyl sites for hydroxylation is 1. The van der Waals surface area contributed by atoms with Crippen LogP contribution in [0, 0.1) is 0 Å². The summed E-state index contributed by atoms with van der Waals surface area (Å²) in [6, 6.07) is 1.82.